The molecule has 0 amide bonds. The summed E-state index contributed by atoms with van der Waals surface area (Å²) in [5.41, 5.74) is 6.35. The van der Waals surface area contributed by atoms with Gasteiger partial charge in [0.2, 0.25) is 0 Å². The molecule has 0 spiro atoms. The van der Waals surface area contributed by atoms with Gasteiger partial charge in [-0.15, -0.1) is 0 Å². The van der Waals surface area contributed by atoms with Crippen LogP contribution in [0.2, 0.25) is 5.02 Å². The molecule has 5 nitrogen and oxygen atoms in total. The molecule has 1 atom stereocenters. The summed E-state index contributed by atoms with van der Waals surface area (Å²) in [5.74, 6) is 0.897. The maximum atomic E-state index is 6.49. The standard InChI is InChI=1S/C21H22ClN5S/c1-12-7-13(2)20(24-9-12)15-8-19(23-11-17(15)22)27-6-5-18-16(14(27)3)10-25-21(26-18)28-4/h7-11,14H,5-6H2,1-4H3/t14-/m0/s1. The van der Waals surface area contributed by atoms with Crippen molar-refractivity contribution in [1.29, 1.82) is 0 Å². The first-order chi connectivity index (χ1) is 13.5. The summed E-state index contributed by atoms with van der Waals surface area (Å²) < 4.78 is 0. The Balaban J connectivity index is 1.72. The second-order valence-electron chi connectivity index (χ2n) is 7.08. The maximum Gasteiger partial charge on any atom is 0.187 e. The number of thioether (sulfide) groups is 1. The van der Waals surface area contributed by atoms with Crippen molar-refractivity contribution < 1.29 is 0 Å². The van der Waals surface area contributed by atoms with Crippen LogP contribution in [0.25, 0.3) is 11.3 Å². The number of aromatic nitrogens is 4. The van der Waals surface area contributed by atoms with Gasteiger partial charge in [0.1, 0.15) is 5.82 Å². The highest BCUT2D eigenvalue weighted by molar-refractivity contribution is 7.98. The van der Waals surface area contributed by atoms with Crippen molar-refractivity contribution in [3.63, 3.8) is 0 Å². The topological polar surface area (TPSA) is 54.8 Å². The minimum atomic E-state index is 0.147. The summed E-state index contributed by atoms with van der Waals surface area (Å²) in [6, 6.07) is 4.32. The van der Waals surface area contributed by atoms with E-state index in [0.717, 1.165) is 57.6 Å². The van der Waals surface area contributed by atoms with Crippen molar-refractivity contribution in [1.82, 2.24) is 19.9 Å². The fourth-order valence-electron chi connectivity index (χ4n) is 3.72. The zero-order valence-corrected chi connectivity index (χ0v) is 18.0. The Kier molecular flexibility index (Phi) is 5.25. The van der Waals surface area contributed by atoms with Crippen LogP contribution in [-0.2, 0) is 6.42 Å². The van der Waals surface area contributed by atoms with Crippen LogP contribution in [0.5, 0.6) is 0 Å². The lowest BCUT2D eigenvalue weighted by atomic mass is 9.99. The average Bonchev–Trinajstić information content (AvgIpc) is 2.69. The molecule has 1 aliphatic rings. The van der Waals surface area contributed by atoms with Crippen molar-refractivity contribution >= 4 is 29.2 Å². The average molecular weight is 412 g/mol. The number of nitrogens with zero attached hydrogens (tertiary/aromatic N) is 5. The zero-order chi connectivity index (χ0) is 19.8. The smallest absolute Gasteiger partial charge is 0.187 e. The van der Waals surface area contributed by atoms with E-state index in [1.165, 1.54) is 0 Å². The van der Waals surface area contributed by atoms with Gasteiger partial charge in [0.15, 0.2) is 5.16 Å². The molecule has 0 aromatic carbocycles. The van der Waals surface area contributed by atoms with E-state index in [1.54, 1.807) is 18.0 Å². The van der Waals surface area contributed by atoms with E-state index >= 15 is 0 Å². The van der Waals surface area contributed by atoms with Gasteiger partial charge in [0.25, 0.3) is 0 Å². The van der Waals surface area contributed by atoms with Crippen LogP contribution in [0.4, 0.5) is 5.82 Å². The summed E-state index contributed by atoms with van der Waals surface area (Å²) in [4.78, 5) is 20.7. The van der Waals surface area contributed by atoms with Crippen LogP contribution in [-0.4, -0.2) is 32.7 Å². The van der Waals surface area contributed by atoms with E-state index in [-0.39, 0.29) is 6.04 Å². The molecule has 1 aliphatic heterocycles. The molecular formula is C21H22ClN5S. The van der Waals surface area contributed by atoms with Gasteiger partial charge in [-0.1, -0.05) is 29.4 Å². The molecule has 0 saturated carbocycles. The molecule has 4 heterocycles. The fraction of sp³-hybridized carbons (Fsp3) is 0.333. The molecule has 3 aromatic heterocycles. The molecule has 0 bridgehead atoms. The Labute approximate surface area is 174 Å². The third-order valence-electron chi connectivity index (χ3n) is 5.17. The number of rotatable bonds is 3. The lowest BCUT2D eigenvalue weighted by Crippen LogP contribution is -2.35. The molecule has 28 heavy (non-hydrogen) atoms. The van der Waals surface area contributed by atoms with E-state index in [4.69, 9.17) is 11.6 Å². The molecule has 7 heteroatoms. The Hall–Kier alpha value is -2.18. The van der Waals surface area contributed by atoms with Crippen LogP contribution in [0.15, 0.2) is 35.9 Å². The summed E-state index contributed by atoms with van der Waals surface area (Å²) >= 11 is 8.06. The highest BCUT2D eigenvalue weighted by Gasteiger charge is 2.27. The monoisotopic (exact) mass is 411 g/mol. The molecule has 0 saturated heterocycles. The summed E-state index contributed by atoms with van der Waals surface area (Å²) in [6.07, 6.45) is 8.42. The van der Waals surface area contributed by atoms with Gasteiger partial charge in [-0.05, 0) is 44.2 Å². The van der Waals surface area contributed by atoms with E-state index in [2.05, 4.69) is 44.7 Å². The summed E-state index contributed by atoms with van der Waals surface area (Å²) in [5, 5.41) is 1.44. The lowest BCUT2D eigenvalue weighted by Gasteiger charge is -2.35. The van der Waals surface area contributed by atoms with Crippen LogP contribution in [0, 0.1) is 13.8 Å². The van der Waals surface area contributed by atoms with Crippen molar-refractivity contribution in [2.24, 2.45) is 0 Å². The number of hydrogen-bond acceptors (Lipinski definition) is 6. The van der Waals surface area contributed by atoms with Gasteiger partial charge in [-0.2, -0.15) is 0 Å². The predicted molar refractivity (Wildman–Crippen MR) is 115 cm³/mol. The SMILES string of the molecule is CSc1ncc2c(n1)CCN(c1cc(-c3ncc(C)cc3C)c(Cl)cn1)[C@H]2C. The molecule has 0 unspecified atom stereocenters. The first kappa shape index (κ1) is 19.2. The van der Waals surface area contributed by atoms with Gasteiger partial charge in [-0.3, -0.25) is 4.98 Å². The first-order valence-electron chi connectivity index (χ1n) is 9.23. The maximum absolute atomic E-state index is 6.49. The second-order valence-corrected chi connectivity index (χ2v) is 8.26. The van der Waals surface area contributed by atoms with Crippen LogP contribution < -0.4 is 4.90 Å². The second kappa shape index (κ2) is 7.68. The van der Waals surface area contributed by atoms with Gasteiger partial charge in [0.05, 0.1) is 22.5 Å². The molecule has 0 radical (unpaired) electrons. The van der Waals surface area contributed by atoms with E-state index < -0.39 is 0 Å². The number of aryl methyl sites for hydroxylation is 2. The molecule has 144 valence electrons. The predicted octanol–water partition coefficient (Wildman–Crippen LogP) is 5.05. The molecule has 3 aromatic rings. The van der Waals surface area contributed by atoms with Crippen molar-refractivity contribution in [3.8, 4) is 11.3 Å². The quantitative estimate of drug-likeness (QED) is 0.444. The van der Waals surface area contributed by atoms with E-state index in [9.17, 15) is 0 Å². The van der Waals surface area contributed by atoms with Crippen molar-refractivity contribution in [3.05, 3.63) is 58.1 Å². The number of hydrogen-bond donors (Lipinski definition) is 0. The zero-order valence-electron chi connectivity index (χ0n) is 16.4. The van der Waals surface area contributed by atoms with E-state index in [0.29, 0.717) is 5.02 Å². The molecule has 0 N–H and O–H groups in total. The number of fused-ring (bicyclic) bond motifs is 1. The van der Waals surface area contributed by atoms with Gasteiger partial charge in [0, 0.05) is 42.7 Å². The third kappa shape index (κ3) is 3.47. The Morgan fingerprint density at radius 1 is 1.11 bits per heavy atom. The Morgan fingerprint density at radius 2 is 1.93 bits per heavy atom. The third-order valence-corrected chi connectivity index (χ3v) is 6.04. The Morgan fingerprint density at radius 3 is 2.68 bits per heavy atom. The lowest BCUT2D eigenvalue weighted by molar-refractivity contribution is 0.594. The summed E-state index contributed by atoms with van der Waals surface area (Å²) in [7, 11) is 0. The molecule has 0 fully saturated rings. The van der Waals surface area contributed by atoms with Gasteiger partial charge in [-0.25, -0.2) is 15.0 Å². The minimum Gasteiger partial charge on any atom is -0.349 e. The highest BCUT2D eigenvalue weighted by atomic mass is 35.5. The van der Waals surface area contributed by atoms with Crippen LogP contribution in [0.1, 0.15) is 35.3 Å². The number of pyridine rings is 2. The Bertz CT molecular complexity index is 1040. The fourth-order valence-corrected chi connectivity index (χ4v) is 4.27. The van der Waals surface area contributed by atoms with Crippen LogP contribution >= 0.6 is 23.4 Å². The first-order valence-corrected chi connectivity index (χ1v) is 10.8. The molecular weight excluding hydrogens is 390 g/mol. The van der Waals surface area contributed by atoms with Crippen LogP contribution in [0.3, 0.4) is 0 Å². The number of halogens is 1. The van der Waals surface area contributed by atoms with Crippen molar-refractivity contribution in [2.75, 3.05) is 17.7 Å². The largest absolute Gasteiger partial charge is 0.349 e. The minimum absolute atomic E-state index is 0.147. The highest BCUT2D eigenvalue weighted by Crippen LogP contribution is 2.36. The van der Waals surface area contributed by atoms with Gasteiger partial charge < -0.3 is 4.90 Å². The number of anilines is 1. The van der Waals surface area contributed by atoms with E-state index in [1.807, 2.05) is 31.6 Å². The molecule has 0 aliphatic carbocycles. The molecule has 4 rings (SSSR count). The summed E-state index contributed by atoms with van der Waals surface area (Å²) in [6.45, 7) is 7.13. The van der Waals surface area contributed by atoms with Gasteiger partial charge >= 0.3 is 0 Å². The van der Waals surface area contributed by atoms with Crippen molar-refractivity contribution in [2.45, 2.75) is 38.4 Å². The normalized spacial score (nSPS) is 16.2.